The van der Waals surface area contributed by atoms with Crippen molar-refractivity contribution >= 4 is 29.3 Å². The van der Waals surface area contributed by atoms with Gasteiger partial charge in [-0.25, -0.2) is 0 Å². The number of Topliss-reactive ketones (excluding diaryl/α,β-unsaturated/α-hetero) is 1. The van der Waals surface area contributed by atoms with E-state index in [1.165, 1.54) is 5.56 Å². The van der Waals surface area contributed by atoms with Gasteiger partial charge in [0.1, 0.15) is 0 Å². The lowest BCUT2D eigenvalue weighted by molar-refractivity contribution is -0.664. The van der Waals surface area contributed by atoms with E-state index in [4.69, 9.17) is 0 Å². The number of nitrogens with zero attached hydrogens (tertiary/aromatic N) is 1. The Kier molecular flexibility index (Phi) is 4.02. The predicted molar refractivity (Wildman–Crippen MR) is 87.9 cm³/mol. The fourth-order valence-electron chi connectivity index (χ4n) is 2.52. The molecule has 21 heavy (non-hydrogen) atoms. The van der Waals surface area contributed by atoms with Gasteiger partial charge in [0, 0.05) is 23.1 Å². The van der Waals surface area contributed by atoms with Crippen LogP contribution in [0.1, 0.15) is 16.1 Å². The second-order valence-corrected chi connectivity index (χ2v) is 5.25. The summed E-state index contributed by atoms with van der Waals surface area (Å²) in [6.07, 6.45) is 0. The number of benzene rings is 2. The highest BCUT2D eigenvalue weighted by molar-refractivity contribution is 7.81. The van der Waals surface area contributed by atoms with Crippen molar-refractivity contribution in [1.29, 1.82) is 0 Å². The van der Waals surface area contributed by atoms with Crippen LogP contribution in [0.15, 0.2) is 66.7 Å². The topological polar surface area (TPSA) is 20.9 Å². The van der Waals surface area contributed by atoms with Crippen molar-refractivity contribution in [2.24, 2.45) is 0 Å². The summed E-state index contributed by atoms with van der Waals surface area (Å²) in [5.74, 6) is 0.257. The summed E-state index contributed by atoms with van der Waals surface area (Å²) in [4.78, 5) is 12.2. The molecule has 3 heteroatoms. The highest BCUT2D eigenvalue weighted by atomic mass is 32.1. The normalized spacial score (nSPS) is 10.7. The van der Waals surface area contributed by atoms with Gasteiger partial charge >= 0.3 is 0 Å². The third kappa shape index (κ3) is 2.83. The molecule has 0 saturated heterocycles. The molecule has 3 aromatic rings. The second-order valence-electron chi connectivity index (χ2n) is 4.93. The molecular formula is C18H16NOS+. The molecule has 0 spiro atoms. The van der Waals surface area contributed by atoms with Crippen LogP contribution in [0.4, 0.5) is 0 Å². The summed E-state index contributed by atoms with van der Waals surface area (Å²) in [5, 5.41) is 1.13. The molecule has 2 aromatic carbocycles. The van der Waals surface area contributed by atoms with Crippen molar-refractivity contribution < 1.29 is 9.36 Å². The van der Waals surface area contributed by atoms with Gasteiger partial charge in [-0.1, -0.05) is 42.5 Å². The Balaban J connectivity index is 2.18. The molecule has 0 aliphatic heterocycles. The van der Waals surface area contributed by atoms with Crippen molar-refractivity contribution in [3.8, 4) is 0 Å². The maximum Gasteiger partial charge on any atom is 0.250 e. The number of para-hydroxylation sites is 1. The van der Waals surface area contributed by atoms with E-state index < -0.39 is 0 Å². The van der Waals surface area contributed by atoms with Gasteiger partial charge in [-0.3, -0.25) is 4.79 Å². The average molecular weight is 294 g/mol. The summed E-state index contributed by atoms with van der Waals surface area (Å²) in [5.41, 5.74) is 2.94. The van der Waals surface area contributed by atoms with E-state index in [0.717, 1.165) is 10.9 Å². The summed E-state index contributed by atoms with van der Waals surface area (Å²) in [6, 6.07) is 22.2. The van der Waals surface area contributed by atoms with Gasteiger partial charge in [0.05, 0.1) is 5.75 Å². The molecular weight excluding hydrogens is 278 g/mol. The van der Waals surface area contributed by atoms with Crippen molar-refractivity contribution in [2.45, 2.75) is 6.54 Å². The molecule has 0 N–H and O–H groups in total. The first-order chi connectivity index (χ1) is 10.3. The van der Waals surface area contributed by atoms with Gasteiger partial charge in [0.2, 0.25) is 17.0 Å². The molecule has 0 aliphatic rings. The maximum absolute atomic E-state index is 12.2. The van der Waals surface area contributed by atoms with Crippen molar-refractivity contribution in [1.82, 2.24) is 0 Å². The number of thiol groups is 1. The molecule has 104 valence electrons. The Bertz CT molecular complexity index is 784. The standard InChI is InChI=1S/C18H15NOS/c20-18(13-21)17-11-10-15-8-4-5-9-16(15)19(17)12-14-6-2-1-3-7-14/h1-11H,12-13H2/p+1. The third-order valence-corrected chi connectivity index (χ3v) is 3.84. The number of ketones is 1. The number of hydrogen-bond donors (Lipinski definition) is 1. The second kappa shape index (κ2) is 6.10. The predicted octanol–water partition coefficient (Wildman–Crippen LogP) is 3.29. The summed E-state index contributed by atoms with van der Waals surface area (Å²) < 4.78 is 2.07. The molecule has 0 aliphatic carbocycles. The van der Waals surface area contributed by atoms with Crippen LogP contribution in [0.3, 0.4) is 0 Å². The lowest BCUT2D eigenvalue weighted by Crippen LogP contribution is -2.42. The maximum atomic E-state index is 12.2. The Morgan fingerprint density at radius 2 is 1.62 bits per heavy atom. The van der Waals surface area contributed by atoms with Crippen LogP contribution in [0.5, 0.6) is 0 Å². The smallest absolute Gasteiger partial charge is 0.250 e. The summed E-state index contributed by atoms with van der Waals surface area (Å²) in [7, 11) is 0. The van der Waals surface area contributed by atoms with E-state index >= 15 is 0 Å². The number of hydrogen-bond acceptors (Lipinski definition) is 2. The van der Waals surface area contributed by atoms with Crippen molar-refractivity contribution in [3.63, 3.8) is 0 Å². The molecule has 0 saturated carbocycles. The largest absolute Gasteiger partial charge is 0.286 e. The first-order valence-electron chi connectivity index (χ1n) is 6.89. The summed E-state index contributed by atoms with van der Waals surface area (Å²) in [6.45, 7) is 0.678. The molecule has 3 rings (SSSR count). The lowest BCUT2D eigenvalue weighted by atomic mass is 10.1. The first kappa shape index (κ1) is 13.8. The molecule has 0 radical (unpaired) electrons. The Hall–Kier alpha value is -2.13. The molecule has 2 nitrogen and oxygen atoms in total. The van der Waals surface area contributed by atoms with E-state index in [2.05, 4.69) is 35.4 Å². The van der Waals surface area contributed by atoms with Gasteiger partial charge in [0.15, 0.2) is 6.54 Å². The van der Waals surface area contributed by atoms with Gasteiger partial charge in [-0.05, 0) is 12.1 Å². The van der Waals surface area contributed by atoms with Gasteiger partial charge in [-0.2, -0.15) is 17.2 Å². The van der Waals surface area contributed by atoms with Gasteiger partial charge in [-0.15, -0.1) is 0 Å². The highest BCUT2D eigenvalue weighted by Crippen LogP contribution is 2.12. The molecule has 0 amide bonds. The van der Waals surface area contributed by atoms with E-state index in [9.17, 15) is 4.79 Å². The number of fused-ring (bicyclic) bond motifs is 1. The lowest BCUT2D eigenvalue weighted by Gasteiger charge is -2.06. The molecule has 0 fully saturated rings. The molecule has 1 aromatic heterocycles. The van der Waals surface area contributed by atoms with Crippen LogP contribution in [0, 0.1) is 0 Å². The fraction of sp³-hybridized carbons (Fsp3) is 0.111. The Morgan fingerprint density at radius 1 is 0.905 bits per heavy atom. The number of rotatable bonds is 4. The van der Waals surface area contributed by atoms with Crippen LogP contribution in [0.25, 0.3) is 10.9 Å². The average Bonchev–Trinajstić information content (AvgIpc) is 2.55. The zero-order valence-corrected chi connectivity index (χ0v) is 12.5. The number of carbonyl (C=O) groups excluding carboxylic acids is 1. The van der Waals surface area contributed by atoms with Crippen LogP contribution in [-0.4, -0.2) is 11.5 Å². The minimum Gasteiger partial charge on any atom is -0.286 e. The quantitative estimate of drug-likeness (QED) is 0.445. The number of pyridine rings is 1. The minimum atomic E-state index is 0.0417. The molecule has 0 atom stereocenters. The number of aromatic nitrogens is 1. The van der Waals surface area contributed by atoms with E-state index in [1.54, 1.807) is 0 Å². The van der Waals surface area contributed by atoms with E-state index in [0.29, 0.717) is 12.2 Å². The van der Waals surface area contributed by atoms with Gasteiger partial charge < -0.3 is 0 Å². The number of carbonyl (C=O) groups is 1. The zero-order valence-electron chi connectivity index (χ0n) is 11.6. The van der Waals surface area contributed by atoms with Crippen LogP contribution in [0.2, 0.25) is 0 Å². The Morgan fingerprint density at radius 3 is 2.38 bits per heavy atom. The van der Waals surface area contributed by atoms with Crippen LogP contribution >= 0.6 is 12.6 Å². The van der Waals surface area contributed by atoms with Gasteiger partial charge in [0.25, 0.3) is 0 Å². The highest BCUT2D eigenvalue weighted by Gasteiger charge is 2.21. The Labute approximate surface area is 129 Å². The van der Waals surface area contributed by atoms with Crippen molar-refractivity contribution in [3.05, 3.63) is 78.0 Å². The van der Waals surface area contributed by atoms with E-state index in [1.807, 2.05) is 48.5 Å². The van der Waals surface area contributed by atoms with Crippen LogP contribution in [-0.2, 0) is 6.54 Å². The molecule has 0 unspecified atom stereocenters. The zero-order chi connectivity index (χ0) is 14.7. The molecule has 0 bridgehead atoms. The van der Waals surface area contributed by atoms with E-state index in [-0.39, 0.29) is 11.5 Å². The molecule has 1 heterocycles. The monoisotopic (exact) mass is 294 g/mol. The summed E-state index contributed by atoms with van der Waals surface area (Å²) >= 11 is 4.13. The minimum absolute atomic E-state index is 0.0417. The van der Waals surface area contributed by atoms with Crippen LogP contribution < -0.4 is 4.57 Å². The fourth-order valence-corrected chi connectivity index (χ4v) is 2.69. The first-order valence-corrected chi connectivity index (χ1v) is 7.52. The third-order valence-electron chi connectivity index (χ3n) is 3.55. The van der Waals surface area contributed by atoms with Crippen molar-refractivity contribution in [2.75, 3.05) is 5.75 Å². The SMILES string of the molecule is O=C(CS)c1ccc2ccccc2[n+]1Cc1ccccc1.